The number of aryl methyl sites for hydroxylation is 1. The third-order valence-corrected chi connectivity index (χ3v) is 6.78. The molecule has 4 rings (SSSR count). The van der Waals surface area contributed by atoms with E-state index in [0.29, 0.717) is 12.6 Å². The Labute approximate surface area is 214 Å². The molecule has 1 aromatic heterocycles. The average Bonchev–Trinajstić information content (AvgIpc) is 3.58. The van der Waals surface area contributed by atoms with Crippen molar-refractivity contribution in [3.05, 3.63) is 41.5 Å². The number of benzene rings is 1. The molecule has 1 aliphatic carbocycles. The van der Waals surface area contributed by atoms with Crippen LogP contribution in [0.1, 0.15) is 61.8 Å². The number of nitrogens with zero attached hydrogens (tertiary/aromatic N) is 5. The van der Waals surface area contributed by atoms with Crippen LogP contribution in [0.25, 0.3) is 0 Å². The van der Waals surface area contributed by atoms with Crippen LogP contribution in [0, 0.1) is 6.92 Å². The van der Waals surface area contributed by atoms with E-state index < -0.39 is 0 Å². The van der Waals surface area contributed by atoms with E-state index in [0.717, 1.165) is 43.0 Å². The highest BCUT2D eigenvalue weighted by Crippen LogP contribution is 2.27. The zero-order chi connectivity index (χ0) is 22.3. The Morgan fingerprint density at radius 3 is 2.61 bits per heavy atom. The van der Waals surface area contributed by atoms with E-state index in [1.165, 1.54) is 44.1 Å². The van der Waals surface area contributed by atoms with Gasteiger partial charge in [-0.2, -0.15) is 0 Å². The maximum atomic E-state index is 5.49. The van der Waals surface area contributed by atoms with E-state index in [2.05, 4.69) is 43.9 Å². The van der Waals surface area contributed by atoms with Gasteiger partial charge in [0.1, 0.15) is 18.1 Å². The van der Waals surface area contributed by atoms with Crippen LogP contribution in [-0.4, -0.2) is 58.4 Å². The molecule has 1 unspecified atom stereocenters. The number of hydrogen-bond acceptors (Lipinski definition) is 5. The van der Waals surface area contributed by atoms with Crippen LogP contribution < -0.4 is 15.4 Å². The molecule has 1 saturated carbocycles. The molecule has 8 nitrogen and oxygen atoms in total. The summed E-state index contributed by atoms with van der Waals surface area (Å²) in [7, 11) is 3.72. The number of methoxy groups -OCH3 is 1. The minimum atomic E-state index is 0. The Morgan fingerprint density at radius 1 is 1.18 bits per heavy atom. The second-order valence-electron chi connectivity index (χ2n) is 8.93. The first-order valence-electron chi connectivity index (χ1n) is 11.9. The number of aromatic nitrogens is 3. The lowest BCUT2D eigenvalue weighted by molar-refractivity contribution is 0.244. The van der Waals surface area contributed by atoms with Gasteiger partial charge in [0.15, 0.2) is 11.8 Å². The Bertz CT molecular complexity index is 904. The van der Waals surface area contributed by atoms with Crippen molar-refractivity contribution in [1.82, 2.24) is 30.3 Å². The number of rotatable bonds is 8. The lowest BCUT2D eigenvalue weighted by atomic mass is 10.1. The third-order valence-electron chi connectivity index (χ3n) is 6.78. The Balaban J connectivity index is 0.00000306. The maximum Gasteiger partial charge on any atom is 0.191 e. The van der Waals surface area contributed by atoms with E-state index in [4.69, 9.17) is 9.73 Å². The monoisotopic (exact) mass is 567 g/mol. The molecule has 2 aliphatic rings. The smallest absolute Gasteiger partial charge is 0.191 e. The van der Waals surface area contributed by atoms with Gasteiger partial charge in [0.25, 0.3) is 0 Å². The van der Waals surface area contributed by atoms with Gasteiger partial charge in [0, 0.05) is 19.6 Å². The number of nitrogens with one attached hydrogen (secondary N) is 2. The summed E-state index contributed by atoms with van der Waals surface area (Å²) in [5, 5.41) is 15.8. The Hall–Kier alpha value is -1.88. The summed E-state index contributed by atoms with van der Waals surface area (Å²) in [6.45, 7) is 5.52. The molecule has 0 spiro atoms. The predicted molar refractivity (Wildman–Crippen MR) is 142 cm³/mol. The molecule has 9 heteroatoms. The molecule has 2 heterocycles. The van der Waals surface area contributed by atoms with Crippen molar-refractivity contribution in [3.63, 3.8) is 0 Å². The fourth-order valence-corrected chi connectivity index (χ4v) is 4.71. The number of ether oxygens (including phenoxy) is 1. The zero-order valence-corrected chi connectivity index (χ0v) is 22.4. The second kappa shape index (κ2) is 12.5. The van der Waals surface area contributed by atoms with Gasteiger partial charge < -0.3 is 19.9 Å². The molecule has 1 saturated heterocycles. The number of aliphatic imine (C=N–C) groups is 1. The molecule has 33 heavy (non-hydrogen) atoms. The zero-order valence-electron chi connectivity index (χ0n) is 20.1. The van der Waals surface area contributed by atoms with E-state index >= 15 is 0 Å². The molecule has 2 N–H and O–H groups in total. The first kappa shape index (κ1) is 25.7. The summed E-state index contributed by atoms with van der Waals surface area (Å²) >= 11 is 0. The van der Waals surface area contributed by atoms with Crippen molar-refractivity contribution >= 4 is 29.9 Å². The fraction of sp³-hybridized carbons (Fsp3) is 0.625. The van der Waals surface area contributed by atoms with E-state index in [9.17, 15) is 0 Å². The van der Waals surface area contributed by atoms with Crippen molar-refractivity contribution in [2.24, 2.45) is 12.0 Å². The minimum Gasteiger partial charge on any atom is -0.497 e. The van der Waals surface area contributed by atoms with Crippen LogP contribution in [0.15, 0.2) is 29.3 Å². The molecule has 1 aromatic carbocycles. The van der Waals surface area contributed by atoms with Gasteiger partial charge >= 0.3 is 0 Å². The normalized spacial score (nSPS) is 18.2. The summed E-state index contributed by atoms with van der Waals surface area (Å²) in [6, 6.07) is 9.23. The van der Waals surface area contributed by atoms with Gasteiger partial charge in [-0.3, -0.25) is 4.90 Å². The molecule has 2 aromatic rings. The Morgan fingerprint density at radius 2 is 1.94 bits per heavy atom. The first-order chi connectivity index (χ1) is 15.6. The largest absolute Gasteiger partial charge is 0.497 e. The molecule has 0 radical (unpaired) electrons. The highest BCUT2D eigenvalue weighted by atomic mass is 127. The fourth-order valence-electron chi connectivity index (χ4n) is 4.71. The molecule has 0 amide bonds. The van der Waals surface area contributed by atoms with Gasteiger partial charge in [-0.05, 0) is 63.4 Å². The first-order valence-corrected chi connectivity index (χ1v) is 11.9. The molecule has 2 fully saturated rings. The SMILES string of the molecule is COc1cccc(C(CNC(=NCc2nnc(C)n2C)NC2CCCC2)N2CCCC2)c1.I. The highest BCUT2D eigenvalue weighted by molar-refractivity contribution is 14.0. The van der Waals surface area contributed by atoms with E-state index in [1.807, 2.05) is 24.6 Å². The lowest BCUT2D eigenvalue weighted by Gasteiger charge is -2.29. The maximum absolute atomic E-state index is 5.49. The van der Waals surface area contributed by atoms with Crippen molar-refractivity contribution < 1.29 is 4.74 Å². The molecular weight excluding hydrogens is 529 g/mol. The van der Waals surface area contributed by atoms with Gasteiger partial charge in [-0.25, -0.2) is 4.99 Å². The van der Waals surface area contributed by atoms with Crippen LogP contribution in [0.5, 0.6) is 5.75 Å². The van der Waals surface area contributed by atoms with E-state index in [1.54, 1.807) is 7.11 Å². The van der Waals surface area contributed by atoms with Crippen LogP contribution in [0.2, 0.25) is 0 Å². The van der Waals surface area contributed by atoms with Crippen molar-refractivity contribution in [3.8, 4) is 5.75 Å². The van der Waals surface area contributed by atoms with E-state index in [-0.39, 0.29) is 30.0 Å². The molecule has 1 atom stereocenters. The van der Waals surface area contributed by atoms with Gasteiger partial charge in [-0.1, -0.05) is 25.0 Å². The number of guanidine groups is 1. The lowest BCUT2D eigenvalue weighted by Crippen LogP contribution is -2.45. The van der Waals surface area contributed by atoms with Crippen molar-refractivity contribution in [1.29, 1.82) is 0 Å². The second-order valence-corrected chi connectivity index (χ2v) is 8.93. The average molecular weight is 568 g/mol. The quantitative estimate of drug-likeness (QED) is 0.289. The molecular formula is C24H38IN7O. The van der Waals surface area contributed by atoms with Crippen LogP contribution in [0.4, 0.5) is 0 Å². The number of hydrogen-bond donors (Lipinski definition) is 2. The standard InChI is InChI=1S/C24H37N7O.HI/c1-18-28-29-23(30(18)2)17-26-24(27-20-10-4-5-11-20)25-16-22(31-13-6-7-14-31)19-9-8-12-21(15-19)32-3;/h8-9,12,15,20,22H,4-7,10-11,13-14,16-17H2,1-3H3,(H2,25,26,27);1H. The van der Waals surface area contributed by atoms with Crippen LogP contribution in [-0.2, 0) is 13.6 Å². The summed E-state index contributed by atoms with van der Waals surface area (Å²) < 4.78 is 7.49. The summed E-state index contributed by atoms with van der Waals surface area (Å²) in [6.07, 6.45) is 7.49. The molecule has 182 valence electrons. The minimum absolute atomic E-state index is 0. The highest BCUT2D eigenvalue weighted by Gasteiger charge is 2.25. The summed E-state index contributed by atoms with van der Waals surface area (Å²) in [4.78, 5) is 7.46. The van der Waals surface area contributed by atoms with Crippen LogP contribution in [0.3, 0.4) is 0 Å². The number of likely N-dealkylation sites (tertiary alicyclic amines) is 1. The molecule has 0 bridgehead atoms. The van der Waals surface area contributed by atoms with Gasteiger partial charge in [0.2, 0.25) is 0 Å². The Kier molecular flexibility index (Phi) is 9.78. The van der Waals surface area contributed by atoms with Gasteiger partial charge in [-0.15, -0.1) is 34.2 Å². The van der Waals surface area contributed by atoms with Crippen molar-refractivity contribution in [2.45, 2.75) is 64.1 Å². The number of halogens is 1. The van der Waals surface area contributed by atoms with Crippen LogP contribution >= 0.6 is 24.0 Å². The van der Waals surface area contributed by atoms with Gasteiger partial charge in [0.05, 0.1) is 13.2 Å². The predicted octanol–water partition coefficient (Wildman–Crippen LogP) is 3.57. The van der Waals surface area contributed by atoms with Crippen molar-refractivity contribution in [2.75, 3.05) is 26.7 Å². The topological polar surface area (TPSA) is 79.6 Å². The summed E-state index contributed by atoms with van der Waals surface area (Å²) in [5.74, 6) is 3.55. The third kappa shape index (κ3) is 6.81. The molecule has 1 aliphatic heterocycles. The summed E-state index contributed by atoms with van der Waals surface area (Å²) in [5.41, 5.74) is 1.28.